The minimum Gasteiger partial charge on any atom is -0.305 e. The molecule has 0 N–H and O–H groups in total. The van der Waals surface area contributed by atoms with E-state index in [1.807, 2.05) is 41.8 Å². The molecular formula is C19H15ClN2OS2. The zero-order valence-electron chi connectivity index (χ0n) is 13.3. The number of nitrogens with zero attached hydrogens (tertiary/aromatic N) is 2. The Balaban J connectivity index is 1.57. The van der Waals surface area contributed by atoms with Crippen LogP contribution in [-0.2, 0) is 6.42 Å². The maximum Gasteiger partial charge on any atom is 0.277 e. The molecule has 126 valence electrons. The van der Waals surface area contributed by atoms with Crippen molar-refractivity contribution in [3.05, 3.63) is 75.2 Å². The molecule has 2 heterocycles. The fourth-order valence-corrected chi connectivity index (χ4v) is 4.74. The van der Waals surface area contributed by atoms with Gasteiger partial charge in [-0.15, -0.1) is 23.1 Å². The number of fused-ring (bicyclic) bond motifs is 1. The molecule has 0 saturated carbocycles. The number of hydrogen-bond donors (Lipinski definition) is 0. The third kappa shape index (κ3) is 3.59. The largest absolute Gasteiger partial charge is 0.305 e. The quantitative estimate of drug-likeness (QED) is 0.624. The first-order chi connectivity index (χ1) is 12.2. The molecule has 6 heteroatoms. The molecule has 4 rings (SSSR count). The number of carbonyl (C=O) groups excluding carboxylic acids is 1. The van der Waals surface area contributed by atoms with Gasteiger partial charge < -0.3 is 4.90 Å². The number of thioether (sulfide) groups is 1. The number of aromatic nitrogens is 1. The van der Waals surface area contributed by atoms with Gasteiger partial charge in [-0.3, -0.25) is 4.79 Å². The van der Waals surface area contributed by atoms with Crippen molar-refractivity contribution in [3.8, 4) is 0 Å². The van der Waals surface area contributed by atoms with Gasteiger partial charge >= 0.3 is 0 Å². The van der Waals surface area contributed by atoms with Gasteiger partial charge in [-0.05, 0) is 23.8 Å². The SMILES string of the molecule is O=C(c1csc(Cc2ccccc2)n1)N1CCSc2ccc(Cl)cc21. The standard InChI is InChI=1S/C19H15ClN2OS2/c20-14-6-7-17-16(11-14)22(8-9-24-17)19(23)15-12-25-18(21-15)10-13-4-2-1-3-5-13/h1-7,11-12H,8-10H2. The van der Waals surface area contributed by atoms with E-state index in [0.717, 1.165) is 27.8 Å². The van der Waals surface area contributed by atoms with Crippen LogP contribution in [0.25, 0.3) is 0 Å². The van der Waals surface area contributed by atoms with Crippen LogP contribution in [0, 0.1) is 0 Å². The molecule has 2 aromatic carbocycles. The smallest absolute Gasteiger partial charge is 0.277 e. The zero-order valence-corrected chi connectivity index (χ0v) is 15.7. The van der Waals surface area contributed by atoms with Gasteiger partial charge in [0.15, 0.2) is 0 Å². The van der Waals surface area contributed by atoms with Crippen molar-refractivity contribution in [1.82, 2.24) is 4.98 Å². The van der Waals surface area contributed by atoms with Crippen molar-refractivity contribution in [3.63, 3.8) is 0 Å². The Morgan fingerprint density at radius 2 is 2.04 bits per heavy atom. The van der Waals surface area contributed by atoms with Crippen LogP contribution in [0.2, 0.25) is 5.02 Å². The molecule has 0 radical (unpaired) electrons. The highest BCUT2D eigenvalue weighted by Gasteiger charge is 2.26. The molecule has 0 unspecified atom stereocenters. The van der Waals surface area contributed by atoms with Crippen LogP contribution in [0.5, 0.6) is 0 Å². The highest BCUT2D eigenvalue weighted by molar-refractivity contribution is 7.99. The first-order valence-electron chi connectivity index (χ1n) is 7.93. The normalized spacial score (nSPS) is 13.6. The number of benzene rings is 2. The van der Waals surface area contributed by atoms with Gasteiger partial charge in [0.25, 0.3) is 5.91 Å². The van der Waals surface area contributed by atoms with Gasteiger partial charge in [0.1, 0.15) is 5.69 Å². The highest BCUT2D eigenvalue weighted by Crippen LogP contribution is 2.37. The van der Waals surface area contributed by atoms with E-state index in [9.17, 15) is 4.79 Å². The van der Waals surface area contributed by atoms with Gasteiger partial charge in [0.05, 0.1) is 10.7 Å². The van der Waals surface area contributed by atoms with E-state index in [2.05, 4.69) is 17.1 Å². The zero-order chi connectivity index (χ0) is 17.2. The number of hydrogen-bond acceptors (Lipinski definition) is 4. The molecule has 0 bridgehead atoms. The van der Waals surface area contributed by atoms with E-state index in [0.29, 0.717) is 17.3 Å². The Morgan fingerprint density at radius 3 is 2.88 bits per heavy atom. The van der Waals surface area contributed by atoms with Gasteiger partial charge in [-0.25, -0.2) is 4.98 Å². The average molecular weight is 387 g/mol. The number of anilines is 1. The van der Waals surface area contributed by atoms with Gasteiger partial charge in [-0.2, -0.15) is 0 Å². The fourth-order valence-electron chi connectivity index (χ4n) is 2.80. The van der Waals surface area contributed by atoms with Crippen molar-refractivity contribution in [2.24, 2.45) is 0 Å². The first-order valence-corrected chi connectivity index (χ1v) is 10.2. The first kappa shape index (κ1) is 16.6. The van der Waals surface area contributed by atoms with E-state index in [-0.39, 0.29) is 5.91 Å². The molecule has 3 nitrogen and oxygen atoms in total. The molecule has 1 amide bonds. The predicted octanol–water partition coefficient (Wildman–Crippen LogP) is 5.14. The lowest BCUT2D eigenvalue weighted by molar-refractivity contribution is 0.0983. The topological polar surface area (TPSA) is 33.2 Å². The third-order valence-electron chi connectivity index (χ3n) is 4.00. The summed E-state index contributed by atoms with van der Waals surface area (Å²) in [5, 5.41) is 3.45. The van der Waals surface area contributed by atoms with Crippen molar-refractivity contribution in [1.29, 1.82) is 0 Å². The number of amides is 1. The second kappa shape index (κ2) is 7.20. The van der Waals surface area contributed by atoms with E-state index in [4.69, 9.17) is 11.6 Å². The Kier molecular flexibility index (Phi) is 4.79. The molecular weight excluding hydrogens is 372 g/mol. The molecule has 0 aliphatic carbocycles. The van der Waals surface area contributed by atoms with Crippen LogP contribution in [0.1, 0.15) is 21.1 Å². The summed E-state index contributed by atoms with van der Waals surface area (Å²) in [5.74, 6) is 0.820. The molecule has 1 aliphatic heterocycles. The summed E-state index contributed by atoms with van der Waals surface area (Å²) in [6.45, 7) is 0.669. The Morgan fingerprint density at radius 1 is 1.20 bits per heavy atom. The maximum absolute atomic E-state index is 13.0. The Labute approximate surface area is 159 Å². The van der Waals surface area contributed by atoms with Gasteiger partial charge in [-0.1, -0.05) is 41.9 Å². The van der Waals surface area contributed by atoms with Crippen LogP contribution in [-0.4, -0.2) is 23.2 Å². The van der Waals surface area contributed by atoms with Crippen molar-refractivity contribution < 1.29 is 4.79 Å². The molecule has 1 aliphatic rings. The summed E-state index contributed by atoms with van der Waals surface area (Å²) in [4.78, 5) is 20.4. The molecule has 25 heavy (non-hydrogen) atoms. The van der Waals surface area contributed by atoms with Crippen LogP contribution >= 0.6 is 34.7 Å². The lowest BCUT2D eigenvalue weighted by Crippen LogP contribution is -2.35. The monoisotopic (exact) mass is 386 g/mol. The van der Waals surface area contributed by atoms with Crippen LogP contribution < -0.4 is 4.90 Å². The molecule has 3 aromatic rings. The molecule has 0 spiro atoms. The van der Waals surface area contributed by atoms with Crippen LogP contribution in [0.15, 0.2) is 58.8 Å². The molecule has 0 fully saturated rings. The summed E-state index contributed by atoms with van der Waals surface area (Å²) >= 11 is 9.41. The Hall–Kier alpha value is -1.82. The Bertz CT molecular complexity index is 911. The predicted molar refractivity (Wildman–Crippen MR) is 105 cm³/mol. The third-order valence-corrected chi connectivity index (χ3v) is 6.13. The van der Waals surface area contributed by atoms with E-state index in [1.54, 1.807) is 16.7 Å². The number of thiazole rings is 1. The maximum atomic E-state index is 13.0. The number of rotatable bonds is 3. The summed E-state index contributed by atoms with van der Waals surface area (Å²) in [7, 11) is 0. The lowest BCUT2D eigenvalue weighted by atomic mass is 10.2. The fraction of sp³-hybridized carbons (Fsp3) is 0.158. The van der Waals surface area contributed by atoms with Gasteiger partial charge in [0, 0.05) is 34.0 Å². The summed E-state index contributed by atoms with van der Waals surface area (Å²) in [5.41, 5.74) is 2.59. The van der Waals surface area contributed by atoms with Crippen molar-refractivity contribution in [2.45, 2.75) is 11.3 Å². The summed E-state index contributed by atoms with van der Waals surface area (Å²) in [6.07, 6.45) is 0.747. The second-order valence-electron chi connectivity index (χ2n) is 5.71. The van der Waals surface area contributed by atoms with E-state index < -0.39 is 0 Å². The second-order valence-corrected chi connectivity index (χ2v) is 8.22. The van der Waals surface area contributed by atoms with Crippen LogP contribution in [0.3, 0.4) is 0 Å². The summed E-state index contributed by atoms with van der Waals surface area (Å²) < 4.78 is 0. The molecule has 0 saturated heterocycles. The minimum atomic E-state index is -0.0561. The van der Waals surface area contributed by atoms with E-state index in [1.165, 1.54) is 16.9 Å². The van der Waals surface area contributed by atoms with Crippen molar-refractivity contribution in [2.75, 3.05) is 17.2 Å². The number of halogens is 1. The van der Waals surface area contributed by atoms with E-state index >= 15 is 0 Å². The van der Waals surface area contributed by atoms with Crippen LogP contribution in [0.4, 0.5) is 5.69 Å². The minimum absolute atomic E-state index is 0.0561. The molecule has 0 atom stereocenters. The molecule has 1 aromatic heterocycles. The highest BCUT2D eigenvalue weighted by atomic mass is 35.5. The van der Waals surface area contributed by atoms with Crippen molar-refractivity contribution >= 4 is 46.3 Å². The number of carbonyl (C=O) groups is 1. The summed E-state index contributed by atoms with van der Waals surface area (Å²) in [6, 6.07) is 15.9. The average Bonchev–Trinajstić information content (AvgIpc) is 3.10. The van der Waals surface area contributed by atoms with Gasteiger partial charge in [0.2, 0.25) is 0 Å². The lowest BCUT2D eigenvalue weighted by Gasteiger charge is -2.28.